The van der Waals surface area contributed by atoms with Crippen LogP contribution in [0.25, 0.3) is 0 Å². The molecule has 118 valence electrons. The summed E-state index contributed by atoms with van der Waals surface area (Å²) in [5.41, 5.74) is 6.53. The molecule has 2 unspecified atom stereocenters. The monoisotopic (exact) mass is 290 g/mol. The molecule has 4 bridgehead atoms. The van der Waals surface area contributed by atoms with Gasteiger partial charge in [-0.25, -0.2) is 0 Å². The fraction of sp³-hybridized carbons (Fsp3) is 0.944. The van der Waals surface area contributed by atoms with Gasteiger partial charge in [-0.3, -0.25) is 4.79 Å². The summed E-state index contributed by atoms with van der Waals surface area (Å²) in [6.45, 7) is 0. The van der Waals surface area contributed by atoms with Crippen molar-refractivity contribution >= 4 is 5.91 Å². The van der Waals surface area contributed by atoms with E-state index in [0.717, 1.165) is 37.0 Å². The third-order valence-corrected chi connectivity index (χ3v) is 6.87. The highest BCUT2D eigenvalue weighted by atomic mass is 16.1. The summed E-state index contributed by atoms with van der Waals surface area (Å²) in [4.78, 5) is 12.6. The summed E-state index contributed by atoms with van der Waals surface area (Å²) in [5, 5.41) is 3.28. The highest BCUT2D eigenvalue weighted by Gasteiger charge is 2.51. The first-order valence-electron chi connectivity index (χ1n) is 9.17. The average Bonchev–Trinajstić information content (AvgIpc) is 2.39. The average molecular weight is 290 g/mol. The van der Waals surface area contributed by atoms with Crippen LogP contribution in [0.2, 0.25) is 0 Å². The maximum Gasteiger partial charge on any atom is 0.220 e. The van der Waals surface area contributed by atoms with Gasteiger partial charge in [-0.15, -0.1) is 0 Å². The Labute approximate surface area is 128 Å². The molecule has 0 aromatic heterocycles. The summed E-state index contributed by atoms with van der Waals surface area (Å²) in [6.07, 6.45) is 13.7. The van der Waals surface area contributed by atoms with E-state index >= 15 is 0 Å². The minimum Gasteiger partial charge on any atom is -0.352 e. The largest absolute Gasteiger partial charge is 0.352 e. The van der Waals surface area contributed by atoms with Crippen LogP contribution in [0.15, 0.2) is 0 Å². The molecule has 5 aliphatic carbocycles. The molecule has 0 aromatic carbocycles. The third kappa shape index (κ3) is 2.74. The van der Waals surface area contributed by atoms with E-state index in [-0.39, 0.29) is 12.1 Å². The summed E-state index contributed by atoms with van der Waals surface area (Å²) in [6, 6.07) is 0.416. The van der Waals surface area contributed by atoms with Gasteiger partial charge in [0.25, 0.3) is 0 Å². The predicted molar refractivity (Wildman–Crippen MR) is 83.6 cm³/mol. The maximum absolute atomic E-state index is 12.6. The normalized spacial score (nSPS) is 48.3. The van der Waals surface area contributed by atoms with Crippen LogP contribution in [-0.2, 0) is 4.79 Å². The Kier molecular flexibility index (Phi) is 3.52. The number of amides is 1. The van der Waals surface area contributed by atoms with Crippen LogP contribution in [0, 0.1) is 23.2 Å². The van der Waals surface area contributed by atoms with E-state index < -0.39 is 0 Å². The lowest BCUT2D eigenvalue weighted by Gasteiger charge is -2.56. The summed E-state index contributed by atoms with van der Waals surface area (Å²) < 4.78 is 0. The van der Waals surface area contributed by atoms with Crippen LogP contribution in [0.1, 0.15) is 70.6 Å². The molecule has 5 aliphatic rings. The zero-order chi connectivity index (χ0) is 14.4. The molecule has 0 aliphatic heterocycles. The second kappa shape index (κ2) is 5.26. The smallest absolute Gasteiger partial charge is 0.220 e. The van der Waals surface area contributed by atoms with Gasteiger partial charge in [0.2, 0.25) is 5.91 Å². The van der Waals surface area contributed by atoms with Crippen LogP contribution in [0.5, 0.6) is 0 Å². The molecule has 0 heterocycles. The molecule has 0 aromatic rings. The van der Waals surface area contributed by atoms with E-state index in [1.165, 1.54) is 51.4 Å². The molecule has 5 fully saturated rings. The van der Waals surface area contributed by atoms with Crippen molar-refractivity contribution in [1.82, 2.24) is 5.32 Å². The first-order chi connectivity index (χ1) is 10.1. The Bertz CT molecular complexity index is 384. The zero-order valence-corrected chi connectivity index (χ0v) is 13.2. The van der Waals surface area contributed by atoms with Crippen molar-refractivity contribution in [3.05, 3.63) is 0 Å². The Hall–Kier alpha value is -0.570. The fourth-order valence-corrected chi connectivity index (χ4v) is 6.44. The predicted octanol–water partition coefficient (Wildman–Crippen LogP) is 2.98. The lowest BCUT2D eigenvalue weighted by molar-refractivity contribution is -0.130. The second-order valence-electron chi connectivity index (χ2n) is 8.72. The number of carbonyl (C=O) groups is 1. The molecule has 3 N–H and O–H groups in total. The van der Waals surface area contributed by atoms with Gasteiger partial charge in [-0.05, 0) is 74.5 Å². The Balaban J connectivity index is 1.38. The molecule has 3 nitrogen and oxygen atoms in total. The minimum atomic E-state index is 0.180. The van der Waals surface area contributed by atoms with Crippen molar-refractivity contribution in [2.24, 2.45) is 28.9 Å². The molecule has 2 atom stereocenters. The third-order valence-electron chi connectivity index (χ3n) is 6.87. The quantitative estimate of drug-likeness (QED) is 0.839. The Morgan fingerprint density at radius 2 is 1.57 bits per heavy atom. The van der Waals surface area contributed by atoms with Crippen molar-refractivity contribution in [3.63, 3.8) is 0 Å². The summed E-state index contributed by atoms with van der Waals surface area (Å²) in [5.74, 6) is 3.09. The fourth-order valence-electron chi connectivity index (χ4n) is 6.44. The molecule has 0 radical (unpaired) electrons. The molecular formula is C18H30N2O. The van der Waals surface area contributed by atoms with Gasteiger partial charge in [-0.2, -0.15) is 0 Å². The molecule has 3 heteroatoms. The van der Waals surface area contributed by atoms with E-state index in [9.17, 15) is 4.79 Å². The van der Waals surface area contributed by atoms with Gasteiger partial charge in [0.15, 0.2) is 0 Å². The number of hydrogen-bond acceptors (Lipinski definition) is 2. The SMILES string of the molecule is NC1CCCCC1NC(=O)CC12CC3CC(CC(C3)C1)C2. The van der Waals surface area contributed by atoms with Crippen LogP contribution >= 0.6 is 0 Å². The highest BCUT2D eigenvalue weighted by Crippen LogP contribution is 2.61. The number of nitrogens with two attached hydrogens (primary N) is 1. The van der Waals surface area contributed by atoms with E-state index in [1.54, 1.807) is 0 Å². The standard InChI is InChI=1S/C18H30N2O/c19-15-3-1-2-4-16(15)20-17(21)11-18-8-12-5-13(9-18)7-14(6-12)10-18/h12-16H,1-11,19H2,(H,20,21). The van der Waals surface area contributed by atoms with Gasteiger partial charge < -0.3 is 11.1 Å². The summed E-state index contributed by atoms with van der Waals surface area (Å²) >= 11 is 0. The Morgan fingerprint density at radius 3 is 2.14 bits per heavy atom. The van der Waals surface area contributed by atoms with Gasteiger partial charge >= 0.3 is 0 Å². The van der Waals surface area contributed by atoms with E-state index in [4.69, 9.17) is 5.73 Å². The van der Waals surface area contributed by atoms with Crippen LogP contribution < -0.4 is 11.1 Å². The number of rotatable bonds is 3. The van der Waals surface area contributed by atoms with E-state index in [1.807, 2.05) is 0 Å². The van der Waals surface area contributed by atoms with Gasteiger partial charge in [0.1, 0.15) is 0 Å². The van der Waals surface area contributed by atoms with Crippen molar-refractivity contribution in [2.75, 3.05) is 0 Å². The van der Waals surface area contributed by atoms with Crippen LogP contribution in [-0.4, -0.2) is 18.0 Å². The molecule has 5 saturated carbocycles. The zero-order valence-electron chi connectivity index (χ0n) is 13.2. The van der Waals surface area contributed by atoms with E-state index in [2.05, 4.69) is 5.32 Å². The van der Waals surface area contributed by atoms with Gasteiger partial charge in [-0.1, -0.05) is 12.8 Å². The molecule has 1 amide bonds. The number of hydrogen-bond donors (Lipinski definition) is 2. The maximum atomic E-state index is 12.6. The molecule has 0 saturated heterocycles. The summed E-state index contributed by atoms with van der Waals surface area (Å²) in [7, 11) is 0. The first-order valence-corrected chi connectivity index (χ1v) is 9.17. The Morgan fingerprint density at radius 1 is 1.00 bits per heavy atom. The first kappa shape index (κ1) is 14.0. The highest BCUT2D eigenvalue weighted by molar-refractivity contribution is 5.77. The lowest BCUT2D eigenvalue weighted by atomic mass is 9.49. The number of nitrogens with one attached hydrogen (secondary N) is 1. The molecule has 21 heavy (non-hydrogen) atoms. The van der Waals surface area contributed by atoms with Crippen molar-refractivity contribution in [1.29, 1.82) is 0 Å². The number of carbonyl (C=O) groups excluding carboxylic acids is 1. The van der Waals surface area contributed by atoms with Crippen LogP contribution in [0.4, 0.5) is 0 Å². The lowest BCUT2D eigenvalue weighted by Crippen LogP contribution is -2.52. The van der Waals surface area contributed by atoms with Gasteiger partial charge in [0.05, 0.1) is 0 Å². The topological polar surface area (TPSA) is 55.1 Å². The van der Waals surface area contributed by atoms with Crippen molar-refractivity contribution in [2.45, 2.75) is 82.7 Å². The molecule has 5 rings (SSSR count). The molecular weight excluding hydrogens is 260 g/mol. The minimum absolute atomic E-state index is 0.180. The van der Waals surface area contributed by atoms with E-state index in [0.29, 0.717) is 11.3 Å². The van der Waals surface area contributed by atoms with Crippen molar-refractivity contribution in [3.8, 4) is 0 Å². The van der Waals surface area contributed by atoms with Crippen molar-refractivity contribution < 1.29 is 4.79 Å². The van der Waals surface area contributed by atoms with Gasteiger partial charge in [0, 0.05) is 18.5 Å². The second-order valence-corrected chi connectivity index (χ2v) is 8.72. The van der Waals surface area contributed by atoms with Crippen LogP contribution in [0.3, 0.4) is 0 Å². The molecule has 0 spiro atoms.